The number of nitro groups is 1. The van der Waals surface area contributed by atoms with Crippen LogP contribution in [0.1, 0.15) is 6.92 Å². The molecule has 0 radical (unpaired) electrons. The van der Waals surface area contributed by atoms with Crippen molar-refractivity contribution < 1.29 is 24.0 Å². The lowest BCUT2D eigenvalue weighted by molar-refractivity contribution is -0.384. The molecule has 0 heterocycles. The Morgan fingerprint density at radius 3 is 2.45 bits per heavy atom. The number of ether oxygens (including phenoxy) is 2. The van der Waals surface area contributed by atoms with E-state index in [1.807, 2.05) is 36.4 Å². The molecule has 0 saturated carbocycles. The first-order chi connectivity index (χ1) is 13.9. The van der Waals surface area contributed by atoms with Crippen LogP contribution in [0.3, 0.4) is 0 Å². The number of amides is 1. The average Bonchev–Trinajstić information content (AvgIpc) is 2.72. The third-order valence-electron chi connectivity index (χ3n) is 4.13. The molecular formula is C21H18N2O6. The predicted molar refractivity (Wildman–Crippen MR) is 107 cm³/mol. The van der Waals surface area contributed by atoms with Gasteiger partial charge < -0.3 is 14.8 Å². The van der Waals surface area contributed by atoms with Crippen LogP contribution < -0.4 is 10.1 Å². The maximum Gasteiger partial charge on any atom is 0.344 e. The lowest BCUT2D eigenvalue weighted by Crippen LogP contribution is -2.31. The highest BCUT2D eigenvalue weighted by Gasteiger charge is 2.19. The number of anilines is 1. The van der Waals surface area contributed by atoms with Crippen LogP contribution >= 0.6 is 0 Å². The van der Waals surface area contributed by atoms with E-state index in [0.29, 0.717) is 5.69 Å². The number of rotatable bonds is 7. The standard InChI is InChI=1S/C21H18N2O6/c1-14(21(25)22-19-8-4-6-15-5-2-3-7-18(15)19)29-20(24)13-28-17-11-9-16(10-12-17)23(26)27/h2-12,14H,13H2,1H3,(H,22,25)/t14-/m1/s1. The molecule has 0 aromatic heterocycles. The Morgan fingerprint density at radius 1 is 1.03 bits per heavy atom. The van der Waals surface area contributed by atoms with Gasteiger partial charge in [0.15, 0.2) is 12.7 Å². The van der Waals surface area contributed by atoms with Crippen LogP contribution in [-0.2, 0) is 14.3 Å². The fourth-order valence-electron chi connectivity index (χ4n) is 2.66. The molecule has 0 spiro atoms. The summed E-state index contributed by atoms with van der Waals surface area (Å²) in [6.07, 6.45) is -1.03. The van der Waals surface area contributed by atoms with Crippen molar-refractivity contribution >= 4 is 34.0 Å². The second-order valence-electron chi connectivity index (χ2n) is 6.19. The molecule has 148 valence electrons. The molecule has 8 heteroatoms. The molecule has 29 heavy (non-hydrogen) atoms. The van der Waals surface area contributed by atoms with Gasteiger partial charge in [0, 0.05) is 23.2 Å². The highest BCUT2D eigenvalue weighted by atomic mass is 16.6. The van der Waals surface area contributed by atoms with Gasteiger partial charge in [-0.05, 0) is 30.5 Å². The Labute approximate surface area is 166 Å². The number of benzene rings is 3. The van der Waals surface area contributed by atoms with Gasteiger partial charge in [0.2, 0.25) is 0 Å². The molecule has 1 N–H and O–H groups in total. The van der Waals surface area contributed by atoms with Crippen molar-refractivity contribution in [1.82, 2.24) is 0 Å². The number of nitro benzene ring substituents is 1. The number of hydrogen-bond acceptors (Lipinski definition) is 6. The molecule has 0 aliphatic carbocycles. The molecule has 0 aliphatic heterocycles. The molecule has 1 amide bonds. The van der Waals surface area contributed by atoms with Crippen LogP contribution in [0.5, 0.6) is 5.75 Å². The summed E-state index contributed by atoms with van der Waals surface area (Å²) in [6.45, 7) is 1.04. The van der Waals surface area contributed by atoms with Crippen LogP contribution in [0.25, 0.3) is 10.8 Å². The third-order valence-corrected chi connectivity index (χ3v) is 4.13. The van der Waals surface area contributed by atoms with Gasteiger partial charge in [0.05, 0.1) is 4.92 Å². The van der Waals surface area contributed by atoms with Gasteiger partial charge in [-0.3, -0.25) is 14.9 Å². The van der Waals surface area contributed by atoms with Gasteiger partial charge in [-0.2, -0.15) is 0 Å². The number of fused-ring (bicyclic) bond motifs is 1. The summed E-state index contributed by atoms with van der Waals surface area (Å²) >= 11 is 0. The number of carbonyl (C=O) groups is 2. The molecule has 0 aliphatic rings. The average molecular weight is 394 g/mol. The van der Waals surface area contributed by atoms with Crippen LogP contribution in [0, 0.1) is 10.1 Å². The summed E-state index contributed by atoms with van der Waals surface area (Å²) < 4.78 is 10.3. The van der Waals surface area contributed by atoms with Crippen molar-refractivity contribution in [2.45, 2.75) is 13.0 Å². The first kappa shape index (κ1) is 19.8. The van der Waals surface area contributed by atoms with Crippen molar-refractivity contribution in [2.75, 3.05) is 11.9 Å². The van der Waals surface area contributed by atoms with Crippen molar-refractivity contribution in [3.63, 3.8) is 0 Å². The van der Waals surface area contributed by atoms with Crippen molar-refractivity contribution in [2.24, 2.45) is 0 Å². The predicted octanol–water partition coefficient (Wildman–Crippen LogP) is 3.70. The summed E-state index contributed by atoms with van der Waals surface area (Å²) in [4.78, 5) is 34.4. The van der Waals surface area contributed by atoms with Gasteiger partial charge >= 0.3 is 5.97 Å². The first-order valence-electron chi connectivity index (χ1n) is 8.79. The number of nitrogens with zero attached hydrogens (tertiary/aromatic N) is 1. The molecule has 3 aromatic rings. The monoisotopic (exact) mass is 394 g/mol. The summed E-state index contributed by atoms with van der Waals surface area (Å²) in [7, 11) is 0. The van der Waals surface area contributed by atoms with E-state index >= 15 is 0 Å². The zero-order valence-electron chi connectivity index (χ0n) is 15.5. The summed E-state index contributed by atoms with van der Waals surface area (Å²) in [6, 6.07) is 18.4. The molecular weight excluding hydrogens is 376 g/mol. The Hall–Kier alpha value is -3.94. The normalized spacial score (nSPS) is 11.5. The lowest BCUT2D eigenvalue weighted by atomic mass is 10.1. The second-order valence-corrected chi connectivity index (χ2v) is 6.19. The van der Waals surface area contributed by atoms with Crippen molar-refractivity contribution in [3.8, 4) is 5.75 Å². The van der Waals surface area contributed by atoms with E-state index in [9.17, 15) is 19.7 Å². The third kappa shape index (κ3) is 5.07. The van der Waals surface area contributed by atoms with Crippen molar-refractivity contribution in [3.05, 3.63) is 76.8 Å². The summed E-state index contributed by atoms with van der Waals surface area (Å²) in [5.41, 5.74) is 0.539. The van der Waals surface area contributed by atoms with E-state index in [2.05, 4.69) is 5.32 Å². The van der Waals surface area contributed by atoms with E-state index < -0.39 is 29.5 Å². The Balaban J connectivity index is 1.53. The van der Waals surface area contributed by atoms with Crippen LogP contribution in [0.4, 0.5) is 11.4 Å². The number of nitrogens with one attached hydrogen (secondary N) is 1. The first-order valence-corrected chi connectivity index (χ1v) is 8.79. The van der Waals surface area contributed by atoms with Crippen molar-refractivity contribution in [1.29, 1.82) is 0 Å². The highest BCUT2D eigenvalue weighted by Crippen LogP contribution is 2.23. The Morgan fingerprint density at radius 2 is 1.72 bits per heavy atom. The van der Waals surface area contributed by atoms with Gasteiger partial charge in [-0.25, -0.2) is 4.79 Å². The van der Waals surface area contributed by atoms with Gasteiger partial charge in [-0.1, -0.05) is 36.4 Å². The topological polar surface area (TPSA) is 108 Å². The van der Waals surface area contributed by atoms with E-state index in [0.717, 1.165) is 10.8 Å². The van der Waals surface area contributed by atoms with Gasteiger partial charge in [0.25, 0.3) is 11.6 Å². The molecule has 8 nitrogen and oxygen atoms in total. The molecule has 0 bridgehead atoms. The number of non-ortho nitro benzene ring substituents is 1. The van der Waals surface area contributed by atoms with Gasteiger partial charge in [-0.15, -0.1) is 0 Å². The van der Waals surface area contributed by atoms with E-state index in [1.54, 1.807) is 6.07 Å². The van der Waals surface area contributed by atoms with E-state index in [-0.39, 0.29) is 11.4 Å². The minimum atomic E-state index is -1.03. The molecule has 0 unspecified atom stereocenters. The minimum absolute atomic E-state index is 0.0846. The van der Waals surface area contributed by atoms with Crippen LogP contribution in [-0.4, -0.2) is 29.5 Å². The number of carbonyl (C=O) groups excluding carboxylic acids is 2. The maximum absolute atomic E-state index is 12.4. The smallest absolute Gasteiger partial charge is 0.344 e. The Kier molecular flexibility index (Phi) is 6.03. The summed E-state index contributed by atoms with van der Waals surface area (Å²) in [5.74, 6) is -0.922. The molecule has 3 rings (SSSR count). The largest absolute Gasteiger partial charge is 0.482 e. The SMILES string of the molecule is C[C@@H](OC(=O)COc1ccc([N+](=O)[O-])cc1)C(=O)Nc1cccc2ccccc12. The minimum Gasteiger partial charge on any atom is -0.482 e. The number of esters is 1. The van der Waals surface area contributed by atoms with E-state index in [4.69, 9.17) is 9.47 Å². The van der Waals surface area contributed by atoms with Crippen LogP contribution in [0.2, 0.25) is 0 Å². The van der Waals surface area contributed by atoms with Gasteiger partial charge in [0.1, 0.15) is 5.75 Å². The fourth-order valence-corrected chi connectivity index (χ4v) is 2.66. The summed E-state index contributed by atoms with van der Waals surface area (Å²) in [5, 5.41) is 15.2. The molecule has 0 saturated heterocycles. The number of hydrogen-bond donors (Lipinski definition) is 1. The molecule has 3 aromatic carbocycles. The quantitative estimate of drug-likeness (QED) is 0.372. The highest BCUT2D eigenvalue weighted by molar-refractivity contribution is 6.03. The molecule has 1 atom stereocenters. The maximum atomic E-state index is 12.4. The van der Waals surface area contributed by atoms with E-state index in [1.165, 1.54) is 31.2 Å². The lowest BCUT2D eigenvalue weighted by Gasteiger charge is -2.15. The Bertz CT molecular complexity index is 1040. The van der Waals surface area contributed by atoms with Crippen LogP contribution in [0.15, 0.2) is 66.7 Å². The zero-order chi connectivity index (χ0) is 20.8. The zero-order valence-corrected chi connectivity index (χ0v) is 15.5. The fraction of sp³-hybridized carbons (Fsp3) is 0.143. The second kappa shape index (κ2) is 8.83. The molecule has 0 fully saturated rings.